The van der Waals surface area contributed by atoms with E-state index in [9.17, 15) is 0 Å². The second kappa shape index (κ2) is 6.03. The van der Waals surface area contributed by atoms with Crippen molar-refractivity contribution < 1.29 is 4.63 Å². The lowest BCUT2D eigenvalue weighted by Crippen LogP contribution is -1.95. The number of rotatable bonds is 3. The van der Waals surface area contributed by atoms with Crippen LogP contribution in [-0.4, -0.2) is 30.1 Å². The van der Waals surface area contributed by atoms with Crippen molar-refractivity contribution in [1.29, 1.82) is 0 Å². The van der Waals surface area contributed by atoms with E-state index in [2.05, 4.69) is 42.5 Å². The molecule has 26 heavy (non-hydrogen) atoms. The van der Waals surface area contributed by atoms with Gasteiger partial charge in [-0.1, -0.05) is 33.8 Å². The Morgan fingerprint density at radius 3 is 2.88 bits per heavy atom. The molecule has 0 saturated carbocycles. The summed E-state index contributed by atoms with van der Waals surface area (Å²) in [4.78, 5) is 4.70. The number of aryl methyl sites for hydroxylation is 1. The number of fused-ring (bicyclic) bond motifs is 4. The number of nitrogens with zero attached hydrogens (tertiary/aromatic N) is 6. The molecule has 0 saturated heterocycles. The molecule has 0 N–H and O–H groups in total. The molecule has 3 aromatic heterocycles. The zero-order valence-electron chi connectivity index (χ0n) is 13.5. The van der Waals surface area contributed by atoms with Gasteiger partial charge in [-0.15, -0.1) is 10.2 Å². The molecule has 0 atom stereocenters. The van der Waals surface area contributed by atoms with Crippen molar-refractivity contribution in [2.45, 2.75) is 10.9 Å². The Kier molecular flexibility index (Phi) is 3.64. The minimum absolute atomic E-state index is 0.640. The van der Waals surface area contributed by atoms with Gasteiger partial charge in [0.15, 0.2) is 5.65 Å². The van der Waals surface area contributed by atoms with E-state index in [1.165, 1.54) is 11.8 Å². The third-order valence-corrected chi connectivity index (χ3v) is 5.63. The van der Waals surface area contributed by atoms with Gasteiger partial charge in [-0.05, 0) is 46.2 Å². The highest BCUT2D eigenvalue weighted by Crippen LogP contribution is 2.29. The molecule has 0 unspecified atom stereocenters. The normalized spacial score (nSPS) is 11.8. The molecule has 0 amide bonds. The smallest absolute Gasteiger partial charge is 0.211 e. The Morgan fingerprint density at radius 2 is 1.96 bits per heavy atom. The molecule has 0 aliphatic rings. The summed E-state index contributed by atoms with van der Waals surface area (Å²) < 4.78 is 7.79. The standard InChI is InChI=1S/C17H11BrN6OS/c1-24-14-5-3-10(18)7-11(14)15-16(24)19-17(21-20-15)26-8-9-2-4-12-13(6-9)23-25-22-12/h2-7H,8H2,1H3. The Labute approximate surface area is 159 Å². The predicted molar refractivity (Wildman–Crippen MR) is 103 cm³/mol. The number of thioether (sulfide) groups is 1. The zero-order chi connectivity index (χ0) is 17.7. The fraction of sp³-hybridized carbons (Fsp3) is 0.118. The molecule has 128 valence electrons. The molecule has 3 heterocycles. The molecular formula is C17H11BrN6OS. The van der Waals surface area contributed by atoms with E-state index in [0.29, 0.717) is 10.9 Å². The topological polar surface area (TPSA) is 82.5 Å². The van der Waals surface area contributed by atoms with E-state index >= 15 is 0 Å². The van der Waals surface area contributed by atoms with E-state index < -0.39 is 0 Å². The van der Waals surface area contributed by atoms with Gasteiger partial charge in [0.05, 0.1) is 5.52 Å². The predicted octanol–water partition coefficient (Wildman–Crippen LogP) is 4.11. The summed E-state index contributed by atoms with van der Waals surface area (Å²) in [7, 11) is 1.99. The highest BCUT2D eigenvalue weighted by Gasteiger charge is 2.13. The van der Waals surface area contributed by atoms with Crippen molar-refractivity contribution >= 4 is 60.8 Å². The van der Waals surface area contributed by atoms with Crippen LogP contribution in [0.2, 0.25) is 0 Å². The van der Waals surface area contributed by atoms with Crippen molar-refractivity contribution in [2.75, 3.05) is 0 Å². The first kappa shape index (κ1) is 15.7. The summed E-state index contributed by atoms with van der Waals surface area (Å²) in [5, 5.41) is 18.1. The van der Waals surface area contributed by atoms with E-state index in [4.69, 9.17) is 9.61 Å². The highest BCUT2D eigenvalue weighted by atomic mass is 79.9. The summed E-state index contributed by atoms with van der Waals surface area (Å²) in [6.45, 7) is 0. The summed E-state index contributed by atoms with van der Waals surface area (Å²) in [6, 6.07) is 12.0. The van der Waals surface area contributed by atoms with Crippen LogP contribution in [0.3, 0.4) is 0 Å². The van der Waals surface area contributed by atoms with Crippen LogP contribution in [0.15, 0.2) is 50.7 Å². The van der Waals surface area contributed by atoms with Crippen LogP contribution < -0.4 is 0 Å². The molecule has 2 aromatic carbocycles. The second-order valence-electron chi connectivity index (χ2n) is 5.86. The maximum Gasteiger partial charge on any atom is 0.211 e. The van der Waals surface area contributed by atoms with Gasteiger partial charge in [0, 0.05) is 22.7 Å². The molecule has 0 aliphatic carbocycles. The lowest BCUT2D eigenvalue weighted by molar-refractivity contribution is 0.315. The van der Waals surface area contributed by atoms with Gasteiger partial charge < -0.3 is 4.57 Å². The van der Waals surface area contributed by atoms with E-state index in [-0.39, 0.29) is 0 Å². The first-order chi connectivity index (χ1) is 12.7. The van der Waals surface area contributed by atoms with Gasteiger partial charge in [-0.25, -0.2) is 9.61 Å². The molecule has 5 aromatic rings. The monoisotopic (exact) mass is 426 g/mol. The van der Waals surface area contributed by atoms with Crippen molar-refractivity contribution in [2.24, 2.45) is 7.05 Å². The molecule has 0 fully saturated rings. The van der Waals surface area contributed by atoms with Crippen LogP contribution in [0, 0.1) is 0 Å². The molecular weight excluding hydrogens is 416 g/mol. The molecule has 0 bridgehead atoms. The first-order valence-corrected chi connectivity index (χ1v) is 9.59. The third-order valence-electron chi connectivity index (χ3n) is 4.23. The minimum Gasteiger partial charge on any atom is -0.327 e. The summed E-state index contributed by atoms with van der Waals surface area (Å²) >= 11 is 5.04. The molecule has 0 radical (unpaired) electrons. The minimum atomic E-state index is 0.640. The summed E-state index contributed by atoms with van der Waals surface area (Å²) in [5.74, 6) is 0.714. The Hall–Kier alpha value is -2.52. The van der Waals surface area contributed by atoms with Crippen LogP contribution >= 0.6 is 27.7 Å². The number of hydrogen-bond acceptors (Lipinski definition) is 7. The van der Waals surface area contributed by atoms with Crippen molar-refractivity contribution in [3.05, 3.63) is 46.4 Å². The highest BCUT2D eigenvalue weighted by molar-refractivity contribution is 9.10. The number of hydrogen-bond donors (Lipinski definition) is 0. The molecule has 7 nitrogen and oxygen atoms in total. The lowest BCUT2D eigenvalue weighted by atomic mass is 10.2. The SMILES string of the molecule is Cn1c2ccc(Br)cc2c2nnc(SCc3ccc4nonc4c3)nc21. The van der Waals surface area contributed by atoms with Crippen LogP contribution in [0.1, 0.15) is 5.56 Å². The summed E-state index contributed by atoms with van der Waals surface area (Å²) in [5.41, 5.74) is 5.31. The molecule has 0 spiro atoms. The van der Waals surface area contributed by atoms with Gasteiger partial charge in [0.2, 0.25) is 5.16 Å². The van der Waals surface area contributed by atoms with Crippen molar-refractivity contribution in [3.8, 4) is 0 Å². The van der Waals surface area contributed by atoms with Gasteiger partial charge in [-0.3, -0.25) is 0 Å². The second-order valence-corrected chi connectivity index (χ2v) is 7.72. The Balaban J connectivity index is 1.49. The van der Waals surface area contributed by atoms with Crippen LogP contribution in [0.4, 0.5) is 0 Å². The number of halogens is 1. The fourth-order valence-electron chi connectivity index (χ4n) is 2.94. The average molecular weight is 427 g/mol. The number of aromatic nitrogens is 6. The quantitative estimate of drug-likeness (QED) is 0.401. The van der Waals surface area contributed by atoms with Gasteiger partial charge in [0.25, 0.3) is 0 Å². The van der Waals surface area contributed by atoms with Gasteiger partial charge in [0.1, 0.15) is 16.6 Å². The molecule has 0 aliphatic heterocycles. The van der Waals surface area contributed by atoms with Crippen LogP contribution in [0.5, 0.6) is 0 Å². The lowest BCUT2D eigenvalue weighted by Gasteiger charge is -2.01. The van der Waals surface area contributed by atoms with Gasteiger partial charge >= 0.3 is 0 Å². The Morgan fingerprint density at radius 1 is 1.08 bits per heavy atom. The maximum absolute atomic E-state index is 4.73. The van der Waals surface area contributed by atoms with Gasteiger partial charge in [-0.2, -0.15) is 0 Å². The molecule has 5 rings (SSSR count). The average Bonchev–Trinajstić information content (AvgIpc) is 3.23. The van der Waals surface area contributed by atoms with E-state index in [1.807, 2.05) is 41.9 Å². The molecule has 9 heteroatoms. The van der Waals surface area contributed by atoms with Crippen LogP contribution in [-0.2, 0) is 12.8 Å². The number of benzene rings is 2. The maximum atomic E-state index is 4.73. The van der Waals surface area contributed by atoms with Crippen molar-refractivity contribution in [1.82, 2.24) is 30.1 Å². The zero-order valence-corrected chi connectivity index (χ0v) is 16.0. The van der Waals surface area contributed by atoms with E-state index in [0.717, 1.165) is 43.1 Å². The largest absolute Gasteiger partial charge is 0.327 e. The Bertz CT molecular complexity index is 1280. The van der Waals surface area contributed by atoms with Crippen molar-refractivity contribution in [3.63, 3.8) is 0 Å². The first-order valence-electron chi connectivity index (χ1n) is 7.81. The summed E-state index contributed by atoms with van der Waals surface area (Å²) in [6.07, 6.45) is 0. The third kappa shape index (κ3) is 2.55. The van der Waals surface area contributed by atoms with Crippen LogP contribution in [0.25, 0.3) is 33.1 Å². The fourth-order valence-corrected chi connectivity index (χ4v) is 4.03. The van der Waals surface area contributed by atoms with E-state index in [1.54, 1.807) is 0 Å².